The molecule has 2 heterocycles. The van der Waals surface area contributed by atoms with Crippen LogP contribution in [-0.4, -0.2) is 26.5 Å². The Labute approximate surface area is 126 Å². The van der Waals surface area contributed by atoms with Gasteiger partial charge in [-0.25, -0.2) is 19.9 Å². The van der Waals surface area contributed by atoms with E-state index in [0.29, 0.717) is 6.54 Å². The fourth-order valence-electron chi connectivity index (χ4n) is 1.64. The van der Waals surface area contributed by atoms with E-state index in [1.54, 1.807) is 6.20 Å². The summed E-state index contributed by atoms with van der Waals surface area (Å²) in [5.41, 5.74) is 0.922. The molecule has 2 aromatic heterocycles. The number of aromatic nitrogens is 4. The van der Waals surface area contributed by atoms with Gasteiger partial charge in [0.2, 0.25) is 0 Å². The maximum absolute atomic E-state index is 4.34. The van der Waals surface area contributed by atoms with Gasteiger partial charge in [-0.05, 0) is 35.3 Å². The fourth-order valence-corrected chi connectivity index (χ4v) is 2.12. The van der Waals surface area contributed by atoms with Crippen molar-refractivity contribution in [3.63, 3.8) is 0 Å². The van der Waals surface area contributed by atoms with Crippen molar-refractivity contribution in [3.05, 3.63) is 34.6 Å². The zero-order chi connectivity index (χ0) is 14.4. The lowest BCUT2D eigenvalue weighted by Crippen LogP contribution is -2.08. The zero-order valence-corrected chi connectivity index (χ0v) is 13.1. The van der Waals surface area contributed by atoms with Crippen molar-refractivity contribution < 1.29 is 0 Å². The maximum atomic E-state index is 4.34. The Morgan fingerprint density at radius 3 is 2.60 bits per heavy atom. The molecule has 20 heavy (non-hydrogen) atoms. The van der Waals surface area contributed by atoms with E-state index in [0.717, 1.165) is 40.6 Å². The Hall–Kier alpha value is -1.76. The van der Waals surface area contributed by atoms with Gasteiger partial charge in [0.15, 0.2) is 0 Å². The minimum atomic E-state index is 0.589. The molecule has 0 fully saturated rings. The van der Waals surface area contributed by atoms with E-state index >= 15 is 0 Å². The highest BCUT2D eigenvalue weighted by Gasteiger charge is 2.08. The summed E-state index contributed by atoms with van der Waals surface area (Å²) < 4.78 is 0.833. The summed E-state index contributed by atoms with van der Waals surface area (Å²) in [5, 5.41) is 6.49. The highest BCUT2D eigenvalue weighted by molar-refractivity contribution is 9.10. The van der Waals surface area contributed by atoms with Crippen molar-refractivity contribution in [1.82, 2.24) is 19.9 Å². The van der Waals surface area contributed by atoms with Gasteiger partial charge in [0.25, 0.3) is 0 Å². The van der Waals surface area contributed by atoms with Gasteiger partial charge in [0.05, 0.1) is 12.2 Å². The summed E-state index contributed by atoms with van der Waals surface area (Å²) in [6, 6.07) is 1.88. The molecule has 0 aliphatic heterocycles. The molecule has 7 heteroatoms. The second-order valence-electron chi connectivity index (χ2n) is 4.26. The molecule has 0 amide bonds. The van der Waals surface area contributed by atoms with E-state index in [1.165, 1.54) is 6.33 Å². The zero-order valence-electron chi connectivity index (χ0n) is 11.5. The average molecular weight is 337 g/mol. The molecule has 0 spiro atoms. The number of nitrogens with zero attached hydrogens (tertiary/aromatic N) is 4. The number of rotatable bonds is 6. The van der Waals surface area contributed by atoms with Crippen LogP contribution in [0.2, 0.25) is 0 Å². The number of aryl methyl sites for hydroxylation is 1. The lowest BCUT2D eigenvalue weighted by molar-refractivity contribution is 0.940. The number of anilines is 2. The third kappa shape index (κ3) is 3.86. The largest absolute Gasteiger partial charge is 0.369 e. The van der Waals surface area contributed by atoms with Crippen molar-refractivity contribution in [2.45, 2.75) is 26.8 Å². The number of hydrogen-bond acceptors (Lipinski definition) is 6. The van der Waals surface area contributed by atoms with Crippen LogP contribution in [0.1, 0.15) is 24.9 Å². The Morgan fingerprint density at radius 2 is 1.90 bits per heavy atom. The van der Waals surface area contributed by atoms with Crippen LogP contribution in [0.25, 0.3) is 0 Å². The predicted molar refractivity (Wildman–Crippen MR) is 82.6 cm³/mol. The second-order valence-corrected chi connectivity index (χ2v) is 5.05. The van der Waals surface area contributed by atoms with E-state index in [4.69, 9.17) is 0 Å². The summed E-state index contributed by atoms with van der Waals surface area (Å²) in [6.45, 7) is 5.45. The van der Waals surface area contributed by atoms with Crippen LogP contribution in [0.4, 0.5) is 11.6 Å². The Morgan fingerprint density at radius 1 is 1.15 bits per heavy atom. The molecule has 0 saturated carbocycles. The Kier molecular flexibility index (Phi) is 5.23. The van der Waals surface area contributed by atoms with Crippen molar-refractivity contribution in [2.24, 2.45) is 0 Å². The van der Waals surface area contributed by atoms with E-state index in [1.807, 2.05) is 13.0 Å². The standard InChI is InChI=1S/C13H17BrN6/c1-3-5-16-12-11(14)13(19-8-18-12)17-7-10-4-6-15-9(2)20-10/h4,6,8H,3,5,7H2,1-2H3,(H2,16,17,18,19). The molecule has 0 saturated heterocycles. The van der Waals surface area contributed by atoms with Crippen LogP contribution in [0.15, 0.2) is 23.1 Å². The summed E-state index contributed by atoms with van der Waals surface area (Å²) in [4.78, 5) is 16.9. The van der Waals surface area contributed by atoms with Crippen LogP contribution in [0.3, 0.4) is 0 Å². The van der Waals surface area contributed by atoms with Gasteiger partial charge in [0, 0.05) is 12.7 Å². The highest BCUT2D eigenvalue weighted by atomic mass is 79.9. The Balaban J connectivity index is 2.06. The average Bonchev–Trinajstić information content (AvgIpc) is 2.45. The van der Waals surface area contributed by atoms with E-state index < -0.39 is 0 Å². The molecule has 0 unspecified atom stereocenters. The highest BCUT2D eigenvalue weighted by Crippen LogP contribution is 2.26. The van der Waals surface area contributed by atoms with Crippen LogP contribution >= 0.6 is 15.9 Å². The molecule has 0 aliphatic carbocycles. The van der Waals surface area contributed by atoms with Crippen molar-refractivity contribution in [2.75, 3.05) is 17.2 Å². The maximum Gasteiger partial charge on any atom is 0.146 e. The van der Waals surface area contributed by atoms with Crippen molar-refractivity contribution in [3.8, 4) is 0 Å². The molecule has 2 N–H and O–H groups in total. The molecule has 6 nitrogen and oxygen atoms in total. The number of hydrogen-bond donors (Lipinski definition) is 2. The van der Waals surface area contributed by atoms with Crippen molar-refractivity contribution in [1.29, 1.82) is 0 Å². The lowest BCUT2D eigenvalue weighted by Gasteiger charge is -2.11. The van der Waals surface area contributed by atoms with Gasteiger partial charge in [-0.15, -0.1) is 0 Å². The number of nitrogens with one attached hydrogen (secondary N) is 2. The molecule has 0 radical (unpaired) electrons. The van der Waals surface area contributed by atoms with Crippen LogP contribution < -0.4 is 10.6 Å². The molecular formula is C13H17BrN6. The van der Waals surface area contributed by atoms with Crippen molar-refractivity contribution >= 4 is 27.6 Å². The fraction of sp³-hybridized carbons (Fsp3) is 0.385. The van der Waals surface area contributed by atoms with Gasteiger partial charge in [-0.2, -0.15) is 0 Å². The predicted octanol–water partition coefficient (Wildman–Crippen LogP) is 2.77. The second kappa shape index (κ2) is 7.14. The molecule has 0 aromatic carbocycles. The molecular weight excluding hydrogens is 320 g/mol. The summed E-state index contributed by atoms with van der Waals surface area (Å²) in [6.07, 6.45) is 4.33. The minimum Gasteiger partial charge on any atom is -0.369 e. The first kappa shape index (κ1) is 14.6. The van der Waals surface area contributed by atoms with Crippen LogP contribution in [0.5, 0.6) is 0 Å². The Bertz CT molecular complexity index is 575. The minimum absolute atomic E-state index is 0.589. The van der Waals surface area contributed by atoms with E-state index in [2.05, 4.69) is 53.4 Å². The molecule has 0 aliphatic rings. The SMILES string of the molecule is CCCNc1ncnc(NCc2ccnc(C)n2)c1Br. The molecule has 2 rings (SSSR count). The normalized spacial score (nSPS) is 10.3. The van der Waals surface area contributed by atoms with Gasteiger partial charge in [-0.3, -0.25) is 0 Å². The van der Waals surface area contributed by atoms with E-state index in [9.17, 15) is 0 Å². The third-order valence-electron chi connectivity index (χ3n) is 2.60. The van der Waals surface area contributed by atoms with Gasteiger partial charge in [-0.1, -0.05) is 6.92 Å². The first-order chi connectivity index (χ1) is 9.70. The number of halogens is 1. The monoisotopic (exact) mass is 336 g/mol. The molecule has 0 atom stereocenters. The molecule has 2 aromatic rings. The quantitative estimate of drug-likeness (QED) is 0.844. The van der Waals surface area contributed by atoms with Crippen LogP contribution in [-0.2, 0) is 6.54 Å². The van der Waals surface area contributed by atoms with Gasteiger partial charge < -0.3 is 10.6 Å². The van der Waals surface area contributed by atoms with Crippen LogP contribution in [0, 0.1) is 6.92 Å². The first-order valence-electron chi connectivity index (χ1n) is 6.47. The van der Waals surface area contributed by atoms with E-state index in [-0.39, 0.29) is 0 Å². The lowest BCUT2D eigenvalue weighted by atomic mass is 10.4. The van der Waals surface area contributed by atoms with Gasteiger partial charge in [0.1, 0.15) is 28.3 Å². The summed E-state index contributed by atoms with van der Waals surface area (Å²) >= 11 is 3.52. The third-order valence-corrected chi connectivity index (χ3v) is 3.35. The summed E-state index contributed by atoms with van der Waals surface area (Å²) in [7, 11) is 0. The molecule has 0 bridgehead atoms. The molecule has 106 valence electrons. The smallest absolute Gasteiger partial charge is 0.146 e. The summed E-state index contributed by atoms with van der Waals surface area (Å²) in [5.74, 6) is 2.30. The topological polar surface area (TPSA) is 75.6 Å². The van der Waals surface area contributed by atoms with Gasteiger partial charge >= 0.3 is 0 Å². The first-order valence-corrected chi connectivity index (χ1v) is 7.26.